The lowest BCUT2D eigenvalue weighted by atomic mass is 10.1. The van der Waals surface area contributed by atoms with Crippen molar-refractivity contribution in [1.82, 2.24) is 10.6 Å². The van der Waals surface area contributed by atoms with Crippen molar-refractivity contribution >= 4 is 17.7 Å². The quantitative estimate of drug-likeness (QED) is 0.632. The van der Waals surface area contributed by atoms with Gasteiger partial charge in [0.2, 0.25) is 0 Å². The molecule has 0 unspecified atom stereocenters. The summed E-state index contributed by atoms with van der Waals surface area (Å²) in [5.41, 5.74) is 0.950. The minimum Gasteiger partial charge on any atom is -0.481 e. The van der Waals surface area contributed by atoms with Gasteiger partial charge in [0.15, 0.2) is 0 Å². The molecule has 2 amide bonds. The van der Waals surface area contributed by atoms with E-state index in [9.17, 15) is 9.59 Å². The monoisotopic (exact) mass is 277 g/mol. The summed E-state index contributed by atoms with van der Waals surface area (Å²) in [6.45, 7) is 0.817. The van der Waals surface area contributed by atoms with Crippen LogP contribution in [0.15, 0.2) is 24.3 Å². The van der Waals surface area contributed by atoms with Crippen LogP contribution in [0.3, 0.4) is 0 Å². The Hall–Kier alpha value is -2.08. The number of rotatable bonds is 6. The molecule has 0 aromatic heterocycles. The van der Waals surface area contributed by atoms with Gasteiger partial charge in [0.1, 0.15) is 0 Å². The van der Waals surface area contributed by atoms with E-state index in [2.05, 4.69) is 16.0 Å². The van der Waals surface area contributed by atoms with Crippen molar-refractivity contribution in [3.05, 3.63) is 29.8 Å². The molecular weight excluding hydrogens is 258 g/mol. The highest BCUT2D eigenvalue weighted by Gasteiger charge is 2.50. The fourth-order valence-electron chi connectivity index (χ4n) is 2.02. The maximum absolute atomic E-state index is 11.8. The SMILES string of the molecule is CNCc1ccccc1NC(=O)NCC1(C(=O)O)CC1. The smallest absolute Gasteiger partial charge is 0.319 e. The van der Waals surface area contributed by atoms with Gasteiger partial charge < -0.3 is 21.1 Å². The number of carbonyl (C=O) groups is 2. The van der Waals surface area contributed by atoms with E-state index >= 15 is 0 Å². The molecule has 4 N–H and O–H groups in total. The second kappa shape index (κ2) is 5.92. The highest BCUT2D eigenvalue weighted by Crippen LogP contribution is 2.45. The van der Waals surface area contributed by atoms with Gasteiger partial charge in [-0.1, -0.05) is 18.2 Å². The number of carbonyl (C=O) groups excluding carboxylic acids is 1. The van der Waals surface area contributed by atoms with E-state index in [0.717, 1.165) is 11.3 Å². The summed E-state index contributed by atoms with van der Waals surface area (Å²) in [5.74, 6) is -0.839. The van der Waals surface area contributed by atoms with Crippen molar-refractivity contribution in [2.24, 2.45) is 5.41 Å². The van der Waals surface area contributed by atoms with Crippen LogP contribution >= 0.6 is 0 Å². The second-order valence-electron chi connectivity index (χ2n) is 5.08. The third kappa shape index (κ3) is 3.27. The Bertz CT molecular complexity index is 512. The van der Waals surface area contributed by atoms with E-state index < -0.39 is 11.4 Å². The van der Waals surface area contributed by atoms with E-state index in [0.29, 0.717) is 19.4 Å². The second-order valence-corrected chi connectivity index (χ2v) is 5.08. The Kier molecular flexibility index (Phi) is 4.24. The van der Waals surface area contributed by atoms with Crippen LogP contribution in [0.2, 0.25) is 0 Å². The highest BCUT2D eigenvalue weighted by molar-refractivity contribution is 5.90. The molecular formula is C14H19N3O3. The zero-order chi connectivity index (χ0) is 14.6. The number of aliphatic carboxylic acids is 1. The van der Waals surface area contributed by atoms with Crippen molar-refractivity contribution in [2.45, 2.75) is 19.4 Å². The Morgan fingerprint density at radius 1 is 1.30 bits per heavy atom. The Morgan fingerprint density at radius 2 is 2.00 bits per heavy atom. The molecule has 1 fully saturated rings. The van der Waals surface area contributed by atoms with Crippen LogP contribution in [-0.2, 0) is 11.3 Å². The minimum atomic E-state index is -0.839. The van der Waals surface area contributed by atoms with Crippen molar-refractivity contribution in [2.75, 3.05) is 18.9 Å². The molecule has 0 radical (unpaired) electrons. The van der Waals surface area contributed by atoms with Gasteiger partial charge in [0.25, 0.3) is 0 Å². The number of hydrogen-bond donors (Lipinski definition) is 4. The number of para-hydroxylation sites is 1. The molecule has 0 aliphatic heterocycles. The summed E-state index contributed by atoms with van der Waals surface area (Å²) in [6.07, 6.45) is 1.25. The van der Waals surface area contributed by atoms with Gasteiger partial charge in [-0.2, -0.15) is 0 Å². The number of carboxylic acids is 1. The van der Waals surface area contributed by atoms with Crippen molar-refractivity contribution < 1.29 is 14.7 Å². The molecule has 0 atom stereocenters. The fourth-order valence-corrected chi connectivity index (χ4v) is 2.02. The van der Waals surface area contributed by atoms with Crippen LogP contribution in [0.4, 0.5) is 10.5 Å². The van der Waals surface area contributed by atoms with E-state index in [4.69, 9.17) is 5.11 Å². The Morgan fingerprint density at radius 3 is 2.60 bits per heavy atom. The molecule has 108 valence electrons. The fraction of sp³-hybridized carbons (Fsp3) is 0.429. The number of amides is 2. The van der Waals surface area contributed by atoms with E-state index in [1.165, 1.54) is 0 Å². The summed E-state index contributed by atoms with van der Waals surface area (Å²) >= 11 is 0. The maximum Gasteiger partial charge on any atom is 0.319 e. The standard InChI is InChI=1S/C14H19N3O3/c1-15-8-10-4-2-3-5-11(10)17-13(20)16-9-14(6-7-14)12(18)19/h2-5,15H,6-9H2,1H3,(H,18,19)(H2,16,17,20). The molecule has 1 aromatic rings. The van der Waals surface area contributed by atoms with E-state index in [1.807, 2.05) is 31.3 Å². The van der Waals surface area contributed by atoms with Gasteiger partial charge in [-0.15, -0.1) is 0 Å². The van der Waals surface area contributed by atoms with Gasteiger partial charge in [0, 0.05) is 18.8 Å². The topological polar surface area (TPSA) is 90.5 Å². The summed E-state index contributed by atoms with van der Waals surface area (Å²) in [7, 11) is 1.83. The van der Waals surface area contributed by atoms with Gasteiger partial charge >= 0.3 is 12.0 Å². The third-order valence-electron chi connectivity index (χ3n) is 3.53. The molecule has 1 saturated carbocycles. The summed E-state index contributed by atoms with van der Waals surface area (Å²) < 4.78 is 0. The summed E-state index contributed by atoms with van der Waals surface area (Å²) in [5, 5.41) is 17.5. The van der Waals surface area contributed by atoms with Crippen molar-refractivity contribution in [3.63, 3.8) is 0 Å². The number of hydrogen-bond acceptors (Lipinski definition) is 3. The van der Waals surface area contributed by atoms with Crippen LogP contribution in [0.5, 0.6) is 0 Å². The molecule has 0 spiro atoms. The molecule has 0 saturated heterocycles. The Balaban J connectivity index is 1.90. The zero-order valence-corrected chi connectivity index (χ0v) is 11.4. The summed E-state index contributed by atoms with van der Waals surface area (Å²) in [6, 6.07) is 7.11. The summed E-state index contributed by atoms with van der Waals surface area (Å²) in [4.78, 5) is 22.8. The van der Waals surface area contributed by atoms with Crippen molar-refractivity contribution in [3.8, 4) is 0 Å². The largest absolute Gasteiger partial charge is 0.481 e. The number of nitrogens with one attached hydrogen (secondary N) is 3. The lowest BCUT2D eigenvalue weighted by molar-refractivity contribution is -0.143. The minimum absolute atomic E-state index is 0.169. The van der Waals surface area contributed by atoms with Gasteiger partial charge in [-0.3, -0.25) is 4.79 Å². The average Bonchev–Trinajstić information content (AvgIpc) is 3.20. The molecule has 6 nitrogen and oxygen atoms in total. The highest BCUT2D eigenvalue weighted by atomic mass is 16.4. The molecule has 1 aromatic carbocycles. The lowest BCUT2D eigenvalue weighted by Crippen LogP contribution is -2.37. The molecule has 1 aliphatic rings. The molecule has 0 heterocycles. The average molecular weight is 277 g/mol. The molecule has 2 rings (SSSR count). The Labute approximate surface area is 117 Å². The predicted octanol–water partition coefficient (Wildman–Crippen LogP) is 1.39. The van der Waals surface area contributed by atoms with E-state index in [1.54, 1.807) is 0 Å². The first-order valence-electron chi connectivity index (χ1n) is 6.58. The number of benzene rings is 1. The van der Waals surface area contributed by atoms with Crippen molar-refractivity contribution in [1.29, 1.82) is 0 Å². The van der Waals surface area contributed by atoms with E-state index in [-0.39, 0.29) is 12.6 Å². The van der Waals surface area contributed by atoms with Crippen LogP contribution in [-0.4, -0.2) is 30.7 Å². The van der Waals surface area contributed by atoms with Gasteiger partial charge in [-0.25, -0.2) is 4.79 Å². The molecule has 0 bridgehead atoms. The molecule has 6 heteroatoms. The predicted molar refractivity (Wildman–Crippen MR) is 75.5 cm³/mol. The van der Waals surface area contributed by atoms with Crippen LogP contribution in [0.25, 0.3) is 0 Å². The van der Waals surface area contributed by atoms with Crippen LogP contribution in [0, 0.1) is 5.41 Å². The van der Waals surface area contributed by atoms with Gasteiger partial charge in [-0.05, 0) is 31.5 Å². The molecule has 20 heavy (non-hydrogen) atoms. The normalized spacial score (nSPS) is 15.4. The first kappa shape index (κ1) is 14.3. The zero-order valence-electron chi connectivity index (χ0n) is 11.4. The number of urea groups is 1. The number of anilines is 1. The lowest BCUT2D eigenvalue weighted by Gasteiger charge is -2.14. The van der Waals surface area contributed by atoms with Gasteiger partial charge in [0.05, 0.1) is 5.41 Å². The van der Waals surface area contributed by atoms with Crippen LogP contribution < -0.4 is 16.0 Å². The van der Waals surface area contributed by atoms with Crippen LogP contribution in [0.1, 0.15) is 18.4 Å². The number of carboxylic acid groups (broad SMARTS) is 1. The third-order valence-corrected chi connectivity index (χ3v) is 3.53. The maximum atomic E-state index is 11.8. The first-order valence-corrected chi connectivity index (χ1v) is 6.58. The molecule has 1 aliphatic carbocycles. The first-order chi connectivity index (χ1) is 9.57.